The lowest BCUT2D eigenvalue weighted by Gasteiger charge is -2.25. The Hall–Kier alpha value is -4.13. The van der Waals surface area contributed by atoms with E-state index in [1.54, 1.807) is 73.1 Å². The highest BCUT2D eigenvalue weighted by molar-refractivity contribution is 6.51. The minimum absolute atomic E-state index is 0.00195. The van der Waals surface area contributed by atoms with E-state index in [0.717, 1.165) is 0 Å². The van der Waals surface area contributed by atoms with Crippen molar-refractivity contribution in [3.05, 3.63) is 89.8 Å². The van der Waals surface area contributed by atoms with Crippen molar-refractivity contribution in [1.82, 2.24) is 4.98 Å². The minimum atomic E-state index is -0.845. The van der Waals surface area contributed by atoms with E-state index in [-0.39, 0.29) is 11.3 Å². The van der Waals surface area contributed by atoms with Gasteiger partial charge in [0.1, 0.15) is 17.3 Å². The Bertz CT molecular complexity index is 1240. The first kappa shape index (κ1) is 24.0. The van der Waals surface area contributed by atoms with Crippen molar-refractivity contribution in [3.63, 3.8) is 0 Å². The van der Waals surface area contributed by atoms with Crippen LogP contribution in [0.5, 0.6) is 11.5 Å². The summed E-state index contributed by atoms with van der Waals surface area (Å²) in [5, 5.41) is 11.3. The molecule has 1 aliphatic rings. The summed E-state index contributed by atoms with van der Waals surface area (Å²) in [5.41, 5.74) is 1.51. The Kier molecular flexibility index (Phi) is 7.15. The van der Waals surface area contributed by atoms with Crippen LogP contribution in [0.1, 0.15) is 37.9 Å². The molecule has 7 heteroatoms. The second-order valence-corrected chi connectivity index (χ2v) is 8.62. The molecular weight excluding hydrogens is 444 g/mol. The summed E-state index contributed by atoms with van der Waals surface area (Å²) < 4.78 is 11.3. The molecule has 0 bridgehead atoms. The van der Waals surface area contributed by atoms with Crippen LogP contribution in [-0.2, 0) is 9.59 Å². The molecule has 1 unspecified atom stereocenters. The third-order valence-corrected chi connectivity index (χ3v) is 5.56. The molecule has 0 spiro atoms. The number of nitrogens with zero attached hydrogens (tertiary/aromatic N) is 2. The van der Waals surface area contributed by atoms with Gasteiger partial charge in [-0.3, -0.25) is 19.5 Å². The van der Waals surface area contributed by atoms with Gasteiger partial charge in [-0.25, -0.2) is 0 Å². The largest absolute Gasteiger partial charge is 0.507 e. The zero-order chi connectivity index (χ0) is 24.9. The van der Waals surface area contributed by atoms with Gasteiger partial charge in [-0.15, -0.1) is 0 Å². The number of ether oxygens (including phenoxy) is 2. The van der Waals surface area contributed by atoms with E-state index in [4.69, 9.17) is 9.47 Å². The van der Waals surface area contributed by atoms with Gasteiger partial charge in [-0.1, -0.05) is 32.0 Å². The Morgan fingerprint density at radius 3 is 2.46 bits per heavy atom. The number of hydrogen-bond acceptors (Lipinski definition) is 6. The smallest absolute Gasteiger partial charge is 0.300 e. The number of carbonyl (C=O) groups excluding carboxylic acids is 2. The number of anilines is 1. The first-order valence-electron chi connectivity index (χ1n) is 11.6. The molecule has 0 saturated carbocycles. The first-order chi connectivity index (χ1) is 16.9. The lowest BCUT2D eigenvalue weighted by Crippen LogP contribution is -2.29. The maximum atomic E-state index is 13.3. The van der Waals surface area contributed by atoms with E-state index in [0.29, 0.717) is 47.4 Å². The average molecular weight is 473 g/mol. The van der Waals surface area contributed by atoms with Crippen LogP contribution in [0.2, 0.25) is 0 Å². The normalized spacial score (nSPS) is 17.1. The third-order valence-electron chi connectivity index (χ3n) is 5.56. The zero-order valence-corrected chi connectivity index (χ0v) is 20.0. The van der Waals surface area contributed by atoms with Crippen molar-refractivity contribution in [2.45, 2.75) is 26.8 Å². The highest BCUT2D eigenvalue weighted by atomic mass is 16.5. The molecule has 0 radical (unpaired) electrons. The number of hydrogen-bond donors (Lipinski definition) is 1. The fourth-order valence-corrected chi connectivity index (χ4v) is 3.97. The number of benzene rings is 2. The van der Waals surface area contributed by atoms with E-state index in [1.165, 1.54) is 4.90 Å². The van der Waals surface area contributed by atoms with Crippen LogP contribution >= 0.6 is 0 Å². The van der Waals surface area contributed by atoms with E-state index < -0.39 is 17.7 Å². The van der Waals surface area contributed by atoms with Crippen molar-refractivity contribution >= 4 is 23.1 Å². The van der Waals surface area contributed by atoms with Gasteiger partial charge in [0.05, 0.1) is 24.8 Å². The summed E-state index contributed by atoms with van der Waals surface area (Å²) in [6.07, 6.45) is 3.20. The first-order valence-corrected chi connectivity index (χ1v) is 11.6. The summed E-state index contributed by atoms with van der Waals surface area (Å²) in [6.45, 7) is 7.00. The van der Waals surface area contributed by atoms with Crippen LogP contribution in [0.3, 0.4) is 0 Å². The van der Waals surface area contributed by atoms with Crippen molar-refractivity contribution in [2.75, 3.05) is 18.1 Å². The lowest BCUT2D eigenvalue weighted by molar-refractivity contribution is -0.132. The van der Waals surface area contributed by atoms with Crippen molar-refractivity contribution in [2.24, 2.45) is 5.92 Å². The topological polar surface area (TPSA) is 89.0 Å². The van der Waals surface area contributed by atoms with E-state index in [2.05, 4.69) is 4.98 Å². The maximum Gasteiger partial charge on any atom is 0.300 e. The molecule has 1 N–H and O–H groups in total. The Balaban J connectivity index is 1.81. The number of ketones is 1. The monoisotopic (exact) mass is 472 g/mol. The van der Waals surface area contributed by atoms with Gasteiger partial charge in [-0.05, 0) is 60.9 Å². The average Bonchev–Trinajstić information content (AvgIpc) is 3.14. The molecule has 1 aromatic heterocycles. The molecule has 4 rings (SSSR count). The Morgan fingerprint density at radius 2 is 1.80 bits per heavy atom. The predicted molar refractivity (Wildman–Crippen MR) is 133 cm³/mol. The summed E-state index contributed by atoms with van der Waals surface area (Å²) in [6, 6.07) is 16.5. The van der Waals surface area contributed by atoms with Gasteiger partial charge in [0.15, 0.2) is 0 Å². The van der Waals surface area contributed by atoms with Gasteiger partial charge in [0.25, 0.3) is 11.7 Å². The van der Waals surface area contributed by atoms with Crippen LogP contribution in [0, 0.1) is 5.92 Å². The van der Waals surface area contributed by atoms with Gasteiger partial charge in [0.2, 0.25) is 0 Å². The van der Waals surface area contributed by atoms with Crippen molar-refractivity contribution in [3.8, 4) is 11.5 Å². The summed E-state index contributed by atoms with van der Waals surface area (Å²) >= 11 is 0. The van der Waals surface area contributed by atoms with E-state index in [9.17, 15) is 14.7 Å². The molecule has 2 aromatic carbocycles. The van der Waals surface area contributed by atoms with Gasteiger partial charge >= 0.3 is 0 Å². The number of carbonyl (C=O) groups is 2. The standard InChI is InChI=1S/C28H28N2O5/c1-4-34-22-12-10-21(11-13-22)30-25(20-8-6-14-29-16-20)24(27(32)28(30)33)26(31)19-7-5-9-23(15-19)35-17-18(2)3/h5-16,18,25,31H,4,17H2,1-3H3/b26-24-. The number of aliphatic hydroxyl groups excluding tert-OH is 1. The summed E-state index contributed by atoms with van der Waals surface area (Å²) in [4.78, 5) is 32.1. The van der Waals surface area contributed by atoms with Gasteiger partial charge < -0.3 is 14.6 Å². The van der Waals surface area contributed by atoms with Crippen LogP contribution in [-0.4, -0.2) is 35.0 Å². The molecule has 7 nitrogen and oxygen atoms in total. The zero-order valence-electron chi connectivity index (χ0n) is 20.0. The van der Waals surface area contributed by atoms with Crippen LogP contribution in [0.25, 0.3) is 5.76 Å². The fraction of sp³-hybridized carbons (Fsp3) is 0.250. The molecule has 180 valence electrons. The molecular formula is C28H28N2O5. The van der Waals surface area contributed by atoms with Gasteiger partial charge in [0, 0.05) is 23.6 Å². The quantitative estimate of drug-likeness (QED) is 0.277. The maximum absolute atomic E-state index is 13.3. The SMILES string of the molecule is CCOc1ccc(N2C(=O)C(=O)/C(=C(\O)c3cccc(OCC(C)C)c3)C2c2cccnc2)cc1. The molecule has 1 fully saturated rings. The number of aromatic nitrogens is 1. The highest BCUT2D eigenvalue weighted by Gasteiger charge is 2.47. The van der Waals surface area contributed by atoms with E-state index >= 15 is 0 Å². The number of aliphatic hydroxyl groups is 1. The van der Waals surface area contributed by atoms with E-state index in [1.807, 2.05) is 20.8 Å². The third kappa shape index (κ3) is 5.04. The number of pyridine rings is 1. The minimum Gasteiger partial charge on any atom is -0.507 e. The van der Waals surface area contributed by atoms with Crippen molar-refractivity contribution in [1.29, 1.82) is 0 Å². The molecule has 35 heavy (non-hydrogen) atoms. The summed E-state index contributed by atoms with van der Waals surface area (Å²) in [5.74, 6) is -0.196. The molecule has 2 heterocycles. The second-order valence-electron chi connectivity index (χ2n) is 8.62. The van der Waals surface area contributed by atoms with Crippen LogP contribution in [0.4, 0.5) is 5.69 Å². The van der Waals surface area contributed by atoms with Crippen LogP contribution in [0.15, 0.2) is 78.6 Å². The number of rotatable bonds is 8. The molecule has 1 amide bonds. The molecule has 3 aromatic rings. The lowest BCUT2D eigenvalue weighted by atomic mass is 9.96. The van der Waals surface area contributed by atoms with Crippen molar-refractivity contribution < 1.29 is 24.2 Å². The van der Waals surface area contributed by atoms with Crippen LogP contribution < -0.4 is 14.4 Å². The summed E-state index contributed by atoms with van der Waals surface area (Å²) in [7, 11) is 0. The molecule has 0 aliphatic carbocycles. The van der Waals surface area contributed by atoms with Gasteiger partial charge in [-0.2, -0.15) is 0 Å². The Labute approximate surface area is 204 Å². The molecule has 1 saturated heterocycles. The molecule has 1 aliphatic heterocycles. The Morgan fingerprint density at radius 1 is 1.03 bits per heavy atom. The molecule has 1 atom stereocenters. The predicted octanol–water partition coefficient (Wildman–Crippen LogP) is 5.14. The second kappa shape index (κ2) is 10.4. The highest BCUT2D eigenvalue weighted by Crippen LogP contribution is 2.42. The fourth-order valence-electron chi connectivity index (χ4n) is 3.97. The number of amides is 1. The number of Topliss-reactive ketones (excluding diaryl/α,β-unsaturated/α-hetero) is 1.